The quantitative estimate of drug-likeness (QED) is 0.798. The number of rotatable bonds is 4. The third-order valence-corrected chi connectivity index (χ3v) is 7.41. The molecule has 0 aromatic rings. The maximum absolute atomic E-state index is 12.8. The van der Waals surface area contributed by atoms with Gasteiger partial charge in [-0.15, -0.1) is 0 Å². The number of carbonyl (C=O) groups excluding carboxylic acids is 2. The van der Waals surface area contributed by atoms with Crippen LogP contribution in [-0.4, -0.2) is 39.9 Å². The summed E-state index contributed by atoms with van der Waals surface area (Å²) in [7, 11) is 0. The summed E-state index contributed by atoms with van der Waals surface area (Å²) in [4.78, 5) is 26.1. The van der Waals surface area contributed by atoms with E-state index in [1.54, 1.807) is 4.90 Å². The molecule has 1 saturated heterocycles. The zero-order valence-corrected chi connectivity index (χ0v) is 14.3. The molecule has 6 heteroatoms. The summed E-state index contributed by atoms with van der Waals surface area (Å²) < 4.78 is 0.647. The molecular weight excluding hydrogens is 316 g/mol. The summed E-state index contributed by atoms with van der Waals surface area (Å²) in [6, 6.07) is 0. The Morgan fingerprint density at radius 2 is 1.82 bits per heavy atom. The van der Waals surface area contributed by atoms with Gasteiger partial charge in [0.1, 0.15) is 4.32 Å². The average molecular weight is 338 g/mol. The Morgan fingerprint density at radius 1 is 1.23 bits per heavy atom. The molecule has 2 amide bonds. The van der Waals surface area contributed by atoms with Crippen molar-refractivity contribution < 1.29 is 9.59 Å². The molecule has 5 aliphatic rings. The van der Waals surface area contributed by atoms with Crippen molar-refractivity contribution in [1.29, 1.82) is 0 Å². The predicted molar refractivity (Wildman–Crippen MR) is 90.4 cm³/mol. The van der Waals surface area contributed by atoms with Gasteiger partial charge in [-0.25, -0.2) is 0 Å². The lowest BCUT2D eigenvalue weighted by Gasteiger charge is -2.55. The first-order valence-electron chi connectivity index (χ1n) is 8.31. The minimum atomic E-state index is -0.0982. The van der Waals surface area contributed by atoms with Crippen LogP contribution in [0, 0.1) is 23.2 Å². The van der Waals surface area contributed by atoms with Gasteiger partial charge in [0.05, 0.1) is 5.75 Å². The van der Waals surface area contributed by atoms with E-state index in [1.165, 1.54) is 31.0 Å². The molecule has 0 aromatic carbocycles. The van der Waals surface area contributed by atoms with Gasteiger partial charge in [0.15, 0.2) is 0 Å². The molecule has 4 aliphatic carbocycles. The molecule has 120 valence electrons. The second-order valence-corrected chi connectivity index (χ2v) is 9.16. The summed E-state index contributed by atoms with van der Waals surface area (Å²) >= 11 is 6.58. The van der Waals surface area contributed by atoms with Crippen molar-refractivity contribution in [2.75, 3.05) is 18.8 Å². The molecule has 5 rings (SSSR count). The number of carbonyl (C=O) groups is 2. The molecule has 22 heavy (non-hydrogen) atoms. The molecule has 0 spiro atoms. The van der Waals surface area contributed by atoms with Crippen molar-refractivity contribution in [3.05, 3.63) is 0 Å². The first-order valence-corrected chi connectivity index (χ1v) is 9.70. The van der Waals surface area contributed by atoms with E-state index in [0.29, 0.717) is 23.2 Å². The average Bonchev–Trinajstić information content (AvgIpc) is 2.77. The highest BCUT2D eigenvalue weighted by molar-refractivity contribution is 8.23. The molecule has 4 saturated carbocycles. The first kappa shape index (κ1) is 14.9. The number of thioether (sulfide) groups is 1. The van der Waals surface area contributed by atoms with E-state index in [2.05, 4.69) is 5.32 Å². The minimum Gasteiger partial charge on any atom is -0.354 e. The highest BCUT2D eigenvalue weighted by Crippen LogP contribution is 2.60. The van der Waals surface area contributed by atoms with E-state index in [-0.39, 0.29) is 17.2 Å². The Hall–Kier alpha value is -0.620. The van der Waals surface area contributed by atoms with Crippen molar-refractivity contribution in [2.24, 2.45) is 23.2 Å². The molecule has 0 unspecified atom stereocenters. The topological polar surface area (TPSA) is 49.4 Å². The number of thiocarbonyl (C=S) groups is 1. The first-order chi connectivity index (χ1) is 10.6. The summed E-state index contributed by atoms with van der Waals surface area (Å²) in [5, 5.41) is 3.11. The van der Waals surface area contributed by atoms with Crippen molar-refractivity contribution in [3.8, 4) is 0 Å². The van der Waals surface area contributed by atoms with Crippen molar-refractivity contribution in [1.82, 2.24) is 10.2 Å². The molecule has 1 N–H and O–H groups in total. The van der Waals surface area contributed by atoms with Gasteiger partial charge in [-0.1, -0.05) is 24.0 Å². The summed E-state index contributed by atoms with van der Waals surface area (Å²) in [6.45, 7) is 1.04. The summed E-state index contributed by atoms with van der Waals surface area (Å²) in [6.07, 6.45) is 7.30. The van der Waals surface area contributed by atoms with E-state index in [9.17, 15) is 9.59 Å². The van der Waals surface area contributed by atoms with Crippen molar-refractivity contribution in [3.63, 3.8) is 0 Å². The van der Waals surface area contributed by atoms with Gasteiger partial charge in [0, 0.05) is 18.5 Å². The Balaban J connectivity index is 1.35. The van der Waals surface area contributed by atoms with E-state index < -0.39 is 0 Å². The van der Waals surface area contributed by atoms with E-state index in [4.69, 9.17) is 12.2 Å². The number of hydrogen-bond donors (Lipinski definition) is 1. The Labute approximate surface area is 140 Å². The maximum Gasteiger partial charge on any atom is 0.238 e. The Morgan fingerprint density at radius 3 is 2.32 bits per heavy atom. The third-order valence-electron chi connectivity index (χ3n) is 5.98. The maximum atomic E-state index is 12.8. The van der Waals surface area contributed by atoms with E-state index >= 15 is 0 Å². The third kappa shape index (κ3) is 2.48. The lowest BCUT2D eigenvalue weighted by molar-refractivity contribution is -0.146. The van der Waals surface area contributed by atoms with Crippen molar-refractivity contribution in [2.45, 2.75) is 38.5 Å². The molecular formula is C16H22N2O2S2. The van der Waals surface area contributed by atoms with Crippen LogP contribution in [0.15, 0.2) is 0 Å². The molecule has 1 heterocycles. The number of nitrogens with one attached hydrogen (secondary N) is 1. The van der Waals surface area contributed by atoms with Crippen LogP contribution in [-0.2, 0) is 9.59 Å². The minimum absolute atomic E-state index is 0.0686. The second kappa shape index (κ2) is 5.48. The van der Waals surface area contributed by atoms with Crippen LogP contribution in [0.2, 0.25) is 0 Å². The summed E-state index contributed by atoms with van der Waals surface area (Å²) in [5.41, 5.74) is -0.0982. The highest BCUT2D eigenvalue weighted by atomic mass is 32.2. The zero-order chi connectivity index (χ0) is 15.3. The Bertz CT molecular complexity index is 483. The largest absolute Gasteiger partial charge is 0.354 e. The van der Waals surface area contributed by atoms with Crippen LogP contribution in [0.4, 0.5) is 0 Å². The molecule has 0 aromatic heterocycles. The fourth-order valence-corrected chi connectivity index (χ4v) is 6.58. The van der Waals surface area contributed by atoms with E-state index in [0.717, 1.165) is 37.0 Å². The van der Waals surface area contributed by atoms with Crippen LogP contribution in [0.3, 0.4) is 0 Å². The van der Waals surface area contributed by atoms with Gasteiger partial charge in [-0.2, -0.15) is 0 Å². The van der Waals surface area contributed by atoms with Gasteiger partial charge in [-0.3, -0.25) is 14.5 Å². The lowest BCUT2D eigenvalue weighted by Crippen LogP contribution is -2.54. The van der Waals surface area contributed by atoms with Gasteiger partial charge in [0.25, 0.3) is 0 Å². The normalized spacial score (nSPS) is 39.6. The number of nitrogens with zero attached hydrogens (tertiary/aromatic N) is 1. The predicted octanol–water partition coefficient (Wildman–Crippen LogP) is 2.18. The Kier molecular flexibility index (Phi) is 3.72. The number of hydrogen-bond acceptors (Lipinski definition) is 4. The number of amides is 2. The smallest absolute Gasteiger partial charge is 0.238 e. The lowest BCUT2D eigenvalue weighted by atomic mass is 9.49. The zero-order valence-electron chi connectivity index (χ0n) is 12.7. The molecule has 0 radical (unpaired) electrons. The molecule has 4 bridgehead atoms. The SMILES string of the molecule is O=C1CSC(=S)N1CCNC(=O)C12CC3CC(CC(C3)C1)C2. The monoisotopic (exact) mass is 338 g/mol. The molecule has 0 atom stereocenters. The van der Waals surface area contributed by atoms with Gasteiger partial charge < -0.3 is 5.32 Å². The van der Waals surface area contributed by atoms with Crippen LogP contribution in [0.25, 0.3) is 0 Å². The fourth-order valence-electron chi connectivity index (χ4n) is 5.45. The standard InChI is InChI=1S/C16H22N2O2S2/c19-13-9-22-15(21)18(13)2-1-17-14(20)16-6-10-3-11(7-16)5-12(4-10)8-16/h10-12H,1-9H2,(H,17,20). The van der Waals surface area contributed by atoms with Crippen LogP contribution < -0.4 is 5.32 Å². The van der Waals surface area contributed by atoms with Gasteiger partial charge in [-0.05, 0) is 56.3 Å². The molecule has 4 nitrogen and oxygen atoms in total. The van der Waals surface area contributed by atoms with Crippen molar-refractivity contribution >= 4 is 40.1 Å². The van der Waals surface area contributed by atoms with E-state index in [1.807, 2.05) is 0 Å². The summed E-state index contributed by atoms with van der Waals surface area (Å²) in [5.74, 6) is 3.08. The van der Waals surface area contributed by atoms with Crippen LogP contribution in [0.5, 0.6) is 0 Å². The highest BCUT2D eigenvalue weighted by Gasteiger charge is 2.54. The second-order valence-electron chi connectivity index (χ2n) is 7.55. The molecule has 5 fully saturated rings. The van der Waals surface area contributed by atoms with Gasteiger partial charge >= 0.3 is 0 Å². The van der Waals surface area contributed by atoms with Crippen LogP contribution >= 0.6 is 24.0 Å². The van der Waals surface area contributed by atoms with Crippen LogP contribution in [0.1, 0.15) is 38.5 Å². The molecule has 1 aliphatic heterocycles. The van der Waals surface area contributed by atoms with Gasteiger partial charge in [0.2, 0.25) is 11.8 Å². The fraction of sp³-hybridized carbons (Fsp3) is 0.812.